The minimum Gasteiger partial charge on any atom is -0.340 e. The normalized spacial score (nSPS) is 13.6. The molecule has 1 aromatic carbocycles. The molecule has 0 unspecified atom stereocenters. The molecule has 0 aliphatic carbocycles. The number of H-pyrrole nitrogens is 2. The topological polar surface area (TPSA) is 95.5 Å². The number of amides is 1. The molecule has 1 aliphatic heterocycles. The van der Waals surface area contributed by atoms with E-state index in [-0.39, 0.29) is 5.91 Å². The van der Waals surface area contributed by atoms with Crippen LogP contribution in [0.2, 0.25) is 0 Å². The number of carbonyl (C=O) groups excluding carboxylic acids is 1. The van der Waals surface area contributed by atoms with Crippen molar-refractivity contribution in [3.05, 3.63) is 72.3 Å². The van der Waals surface area contributed by atoms with Crippen LogP contribution in [-0.4, -0.2) is 47.1 Å². The van der Waals surface area contributed by atoms with Crippen LogP contribution < -0.4 is 0 Å². The molecule has 27 heavy (non-hydrogen) atoms. The average Bonchev–Trinajstić information content (AvgIpc) is 3.48. The summed E-state index contributed by atoms with van der Waals surface area (Å²) in [6.45, 7) is 1.19. The predicted molar refractivity (Wildman–Crippen MR) is 98.2 cm³/mol. The highest BCUT2D eigenvalue weighted by Gasteiger charge is 2.25. The van der Waals surface area contributed by atoms with Crippen LogP contribution >= 0.6 is 0 Å². The molecule has 1 aliphatic rings. The van der Waals surface area contributed by atoms with E-state index in [1.54, 1.807) is 24.9 Å². The number of rotatable bonds is 3. The molecule has 0 bridgehead atoms. The molecule has 1 amide bonds. The fourth-order valence-electron chi connectivity index (χ4n) is 3.35. The standard InChI is InChI=1S/C19H17N7O/c27-19(13-1-3-15(4-2-13)26-8-6-20-12-26)25-7-5-16-17(11-25)24-18(23-16)14-9-21-22-10-14/h1-4,6,8-10,12H,5,7,11H2,(H,21,22)(H,23,24). The molecule has 134 valence electrons. The Morgan fingerprint density at radius 1 is 1.19 bits per heavy atom. The molecule has 0 saturated heterocycles. The third kappa shape index (κ3) is 2.80. The Morgan fingerprint density at radius 3 is 2.81 bits per heavy atom. The molecule has 8 heteroatoms. The quantitative estimate of drug-likeness (QED) is 0.586. The van der Waals surface area contributed by atoms with Crippen molar-refractivity contribution in [1.82, 2.24) is 34.6 Å². The Labute approximate surface area is 154 Å². The van der Waals surface area contributed by atoms with Crippen molar-refractivity contribution >= 4 is 5.91 Å². The number of hydrogen-bond donors (Lipinski definition) is 2. The van der Waals surface area contributed by atoms with Gasteiger partial charge in [0.2, 0.25) is 0 Å². The van der Waals surface area contributed by atoms with Crippen molar-refractivity contribution < 1.29 is 4.79 Å². The van der Waals surface area contributed by atoms with E-state index in [0.29, 0.717) is 18.7 Å². The zero-order chi connectivity index (χ0) is 18.2. The summed E-state index contributed by atoms with van der Waals surface area (Å²) in [4.78, 5) is 26.8. The molecule has 3 aromatic heterocycles. The van der Waals surface area contributed by atoms with Gasteiger partial charge in [0.1, 0.15) is 5.82 Å². The van der Waals surface area contributed by atoms with E-state index in [1.165, 1.54) is 0 Å². The number of carbonyl (C=O) groups is 1. The third-order valence-electron chi connectivity index (χ3n) is 4.81. The van der Waals surface area contributed by atoms with Gasteiger partial charge in [0.25, 0.3) is 5.91 Å². The van der Waals surface area contributed by atoms with Crippen LogP contribution in [0.4, 0.5) is 0 Å². The van der Waals surface area contributed by atoms with Crippen molar-refractivity contribution in [2.75, 3.05) is 6.54 Å². The van der Waals surface area contributed by atoms with E-state index in [2.05, 4.69) is 25.1 Å². The molecular formula is C19H17N7O. The van der Waals surface area contributed by atoms with E-state index >= 15 is 0 Å². The minimum absolute atomic E-state index is 0.0253. The van der Waals surface area contributed by atoms with Gasteiger partial charge in [0.05, 0.1) is 36.0 Å². The maximum atomic E-state index is 12.9. The number of benzene rings is 1. The van der Waals surface area contributed by atoms with Crippen LogP contribution in [-0.2, 0) is 13.0 Å². The molecular weight excluding hydrogens is 342 g/mol. The Balaban J connectivity index is 1.34. The molecule has 4 heterocycles. The molecule has 5 rings (SSSR count). The van der Waals surface area contributed by atoms with Gasteiger partial charge in [-0.05, 0) is 24.3 Å². The third-order valence-corrected chi connectivity index (χ3v) is 4.81. The number of fused-ring (bicyclic) bond motifs is 1. The zero-order valence-electron chi connectivity index (χ0n) is 14.5. The Hall–Kier alpha value is -3.68. The first kappa shape index (κ1) is 15.6. The fraction of sp³-hybridized carbons (Fsp3) is 0.158. The highest BCUT2D eigenvalue weighted by molar-refractivity contribution is 5.94. The first-order valence-electron chi connectivity index (χ1n) is 8.72. The van der Waals surface area contributed by atoms with E-state index in [9.17, 15) is 4.79 Å². The van der Waals surface area contributed by atoms with Gasteiger partial charge in [-0.1, -0.05) is 0 Å². The van der Waals surface area contributed by atoms with Crippen LogP contribution in [0.5, 0.6) is 0 Å². The van der Waals surface area contributed by atoms with Crippen molar-refractivity contribution in [2.45, 2.75) is 13.0 Å². The Bertz CT molecular complexity index is 1060. The SMILES string of the molecule is O=C(c1ccc(-n2ccnc2)cc1)N1CCc2nc(-c3cn[nH]c3)[nH]c2C1. The van der Waals surface area contributed by atoms with Gasteiger partial charge < -0.3 is 14.5 Å². The largest absolute Gasteiger partial charge is 0.340 e. The second-order valence-electron chi connectivity index (χ2n) is 6.49. The first-order chi connectivity index (χ1) is 13.3. The second kappa shape index (κ2) is 6.24. The molecule has 4 aromatic rings. The monoisotopic (exact) mass is 359 g/mol. The lowest BCUT2D eigenvalue weighted by Crippen LogP contribution is -2.36. The summed E-state index contributed by atoms with van der Waals surface area (Å²) in [6.07, 6.45) is 9.61. The van der Waals surface area contributed by atoms with Gasteiger partial charge in [0, 0.05) is 42.8 Å². The zero-order valence-corrected chi connectivity index (χ0v) is 14.5. The highest BCUT2D eigenvalue weighted by atomic mass is 16.2. The Kier molecular flexibility index (Phi) is 3.60. The maximum Gasteiger partial charge on any atom is 0.254 e. The lowest BCUT2D eigenvalue weighted by Gasteiger charge is -2.26. The van der Waals surface area contributed by atoms with E-state index in [0.717, 1.165) is 34.9 Å². The molecule has 0 saturated carbocycles. The van der Waals surface area contributed by atoms with Crippen LogP contribution in [0.25, 0.3) is 17.1 Å². The predicted octanol–water partition coefficient (Wildman–Crippen LogP) is 2.18. The fourth-order valence-corrected chi connectivity index (χ4v) is 3.35. The number of aromatic amines is 2. The summed E-state index contributed by atoms with van der Waals surface area (Å²) in [6, 6.07) is 7.57. The maximum absolute atomic E-state index is 12.9. The van der Waals surface area contributed by atoms with Gasteiger partial charge >= 0.3 is 0 Å². The minimum atomic E-state index is 0.0253. The summed E-state index contributed by atoms with van der Waals surface area (Å²) in [5, 5.41) is 6.75. The van der Waals surface area contributed by atoms with Gasteiger partial charge in [-0.3, -0.25) is 9.89 Å². The molecule has 8 nitrogen and oxygen atoms in total. The van der Waals surface area contributed by atoms with E-state index in [1.807, 2.05) is 39.9 Å². The highest BCUT2D eigenvalue weighted by Crippen LogP contribution is 2.23. The smallest absolute Gasteiger partial charge is 0.254 e. The molecule has 0 spiro atoms. The summed E-state index contributed by atoms with van der Waals surface area (Å²) in [7, 11) is 0. The van der Waals surface area contributed by atoms with Gasteiger partial charge in [0.15, 0.2) is 0 Å². The lowest BCUT2D eigenvalue weighted by atomic mass is 10.1. The van der Waals surface area contributed by atoms with Crippen molar-refractivity contribution in [3.63, 3.8) is 0 Å². The Morgan fingerprint density at radius 2 is 2.07 bits per heavy atom. The van der Waals surface area contributed by atoms with Crippen LogP contribution in [0.1, 0.15) is 21.7 Å². The van der Waals surface area contributed by atoms with E-state index < -0.39 is 0 Å². The number of nitrogens with one attached hydrogen (secondary N) is 2. The van der Waals surface area contributed by atoms with Gasteiger partial charge in [-0.15, -0.1) is 0 Å². The van der Waals surface area contributed by atoms with Crippen LogP contribution in [0, 0.1) is 0 Å². The van der Waals surface area contributed by atoms with Crippen molar-refractivity contribution in [2.24, 2.45) is 0 Å². The first-order valence-corrected chi connectivity index (χ1v) is 8.72. The number of aromatic nitrogens is 6. The van der Waals surface area contributed by atoms with Crippen molar-refractivity contribution in [1.29, 1.82) is 0 Å². The van der Waals surface area contributed by atoms with Crippen LogP contribution in [0.15, 0.2) is 55.4 Å². The second-order valence-corrected chi connectivity index (χ2v) is 6.49. The summed E-state index contributed by atoms with van der Waals surface area (Å²) in [5.41, 5.74) is 4.57. The number of nitrogens with zero attached hydrogens (tertiary/aromatic N) is 5. The summed E-state index contributed by atoms with van der Waals surface area (Å²) >= 11 is 0. The molecule has 0 atom stereocenters. The number of imidazole rings is 2. The molecule has 0 fully saturated rings. The van der Waals surface area contributed by atoms with Crippen LogP contribution in [0.3, 0.4) is 0 Å². The summed E-state index contributed by atoms with van der Waals surface area (Å²) in [5.74, 6) is 0.810. The van der Waals surface area contributed by atoms with Gasteiger partial charge in [-0.2, -0.15) is 5.10 Å². The lowest BCUT2D eigenvalue weighted by molar-refractivity contribution is 0.0732. The van der Waals surface area contributed by atoms with E-state index in [4.69, 9.17) is 0 Å². The summed E-state index contributed by atoms with van der Waals surface area (Å²) < 4.78 is 1.91. The number of hydrogen-bond acceptors (Lipinski definition) is 4. The molecule has 0 radical (unpaired) electrons. The van der Waals surface area contributed by atoms with Gasteiger partial charge in [-0.25, -0.2) is 9.97 Å². The molecule has 2 N–H and O–H groups in total. The average molecular weight is 359 g/mol. The van der Waals surface area contributed by atoms with Crippen molar-refractivity contribution in [3.8, 4) is 17.1 Å².